The molecule has 2 aromatic carbocycles. The molecule has 0 saturated heterocycles. The standard InChI is InChI=1S/C23H24FN3O3/c1-15-6-3-4-8-19(15)27-20-9-5-7-17(20)22(26-27)23(28)25-16-10-11-21(18(24)14-16)30-13-12-29-2/h3-4,6,8,10-11,14H,5,7,9,12-13H2,1-2H3,(H,25,28). The van der Waals surface area contributed by atoms with E-state index < -0.39 is 5.82 Å². The van der Waals surface area contributed by atoms with Gasteiger partial charge in [-0.05, 0) is 49.9 Å². The monoisotopic (exact) mass is 409 g/mol. The predicted molar refractivity (Wildman–Crippen MR) is 112 cm³/mol. The number of hydrogen-bond donors (Lipinski definition) is 1. The van der Waals surface area contributed by atoms with Crippen LogP contribution in [0.3, 0.4) is 0 Å². The number of para-hydroxylation sites is 1. The molecule has 7 heteroatoms. The summed E-state index contributed by atoms with van der Waals surface area (Å²) in [4.78, 5) is 13.0. The summed E-state index contributed by atoms with van der Waals surface area (Å²) in [5.41, 5.74) is 4.85. The van der Waals surface area contributed by atoms with Gasteiger partial charge in [0.15, 0.2) is 17.3 Å². The molecule has 1 aromatic heterocycles. The Kier molecular flexibility index (Phi) is 5.81. The maximum absolute atomic E-state index is 14.3. The number of fused-ring (bicyclic) bond motifs is 1. The Labute approximate surface area is 174 Å². The van der Waals surface area contributed by atoms with E-state index >= 15 is 0 Å². The van der Waals surface area contributed by atoms with Gasteiger partial charge in [-0.3, -0.25) is 4.79 Å². The highest BCUT2D eigenvalue weighted by Gasteiger charge is 2.27. The Morgan fingerprint density at radius 1 is 1.20 bits per heavy atom. The van der Waals surface area contributed by atoms with Crippen molar-refractivity contribution in [3.8, 4) is 11.4 Å². The summed E-state index contributed by atoms with van der Waals surface area (Å²) in [5, 5.41) is 7.39. The van der Waals surface area contributed by atoms with Gasteiger partial charge in [0, 0.05) is 30.1 Å². The number of amides is 1. The van der Waals surface area contributed by atoms with Crippen molar-refractivity contribution in [2.75, 3.05) is 25.6 Å². The Morgan fingerprint density at radius 2 is 2.03 bits per heavy atom. The summed E-state index contributed by atoms with van der Waals surface area (Å²) in [6.45, 7) is 2.64. The Hall–Kier alpha value is -3.19. The number of carbonyl (C=O) groups excluding carboxylic acids is 1. The van der Waals surface area contributed by atoms with E-state index in [2.05, 4.69) is 10.4 Å². The van der Waals surface area contributed by atoms with Crippen LogP contribution < -0.4 is 10.1 Å². The zero-order valence-corrected chi connectivity index (χ0v) is 17.1. The minimum Gasteiger partial charge on any atom is -0.488 e. The van der Waals surface area contributed by atoms with Crippen molar-refractivity contribution in [3.63, 3.8) is 0 Å². The predicted octanol–water partition coefficient (Wildman–Crippen LogP) is 4.09. The summed E-state index contributed by atoms with van der Waals surface area (Å²) >= 11 is 0. The quantitative estimate of drug-likeness (QED) is 0.597. The number of aryl methyl sites for hydroxylation is 1. The fraction of sp³-hybridized carbons (Fsp3) is 0.304. The summed E-state index contributed by atoms with van der Waals surface area (Å²) in [5.74, 6) is -0.762. The molecule has 0 radical (unpaired) electrons. The van der Waals surface area contributed by atoms with Gasteiger partial charge < -0.3 is 14.8 Å². The lowest BCUT2D eigenvalue weighted by Crippen LogP contribution is -2.15. The van der Waals surface area contributed by atoms with Crippen LogP contribution in [0.1, 0.15) is 33.7 Å². The van der Waals surface area contributed by atoms with Crippen molar-refractivity contribution >= 4 is 11.6 Å². The number of aromatic nitrogens is 2. The van der Waals surface area contributed by atoms with Gasteiger partial charge in [-0.2, -0.15) is 5.10 Å². The molecule has 0 aliphatic heterocycles. The van der Waals surface area contributed by atoms with Crippen LogP contribution in [0.15, 0.2) is 42.5 Å². The van der Waals surface area contributed by atoms with Gasteiger partial charge in [0.2, 0.25) is 0 Å². The number of halogens is 1. The average molecular weight is 409 g/mol. The van der Waals surface area contributed by atoms with E-state index in [0.29, 0.717) is 18.0 Å². The average Bonchev–Trinajstić information content (AvgIpc) is 3.33. The van der Waals surface area contributed by atoms with Crippen molar-refractivity contribution in [2.24, 2.45) is 0 Å². The highest BCUT2D eigenvalue weighted by Crippen LogP contribution is 2.29. The van der Waals surface area contributed by atoms with Gasteiger partial charge in [0.25, 0.3) is 5.91 Å². The number of rotatable bonds is 7. The number of methoxy groups -OCH3 is 1. The maximum Gasteiger partial charge on any atom is 0.276 e. The van der Waals surface area contributed by atoms with Crippen molar-refractivity contribution in [2.45, 2.75) is 26.2 Å². The summed E-state index contributed by atoms with van der Waals surface area (Å²) < 4.78 is 26.4. The number of nitrogens with one attached hydrogen (secondary N) is 1. The number of hydrogen-bond acceptors (Lipinski definition) is 4. The highest BCUT2D eigenvalue weighted by molar-refractivity contribution is 6.04. The second-order valence-corrected chi connectivity index (χ2v) is 7.27. The molecule has 4 rings (SSSR count). The fourth-order valence-electron chi connectivity index (χ4n) is 3.74. The second-order valence-electron chi connectivity index (χ2n) is 7.27. The summed E-state index contributed by atoms with van der Waals surface area (Å²) in [6, 6.07) is 12.3. The van der Waals surface area contributed by atoms with E-state index in [-0.39, 0.29) is 18.3 Å². The Balaban J connectivity index is 1.57. The third-order valence-corrected chi connectivity index (χ3v) is 5.22. The molecule has 0 atom stereocenters. The zero-order chi connectivity index (χ0) is 21.1. The molecule has 30 heavy (non-hydrogen) atoms. The zero-order valence-electron chi connectivity index (χ0n) is 17.1. The van der Waals surface area contributed by atoms with Gasteiger partial charge >= 0.3 is 0 Å². The first-order valence-corrected chi connectivity index (χ1v) is 9.98. The van der Waals surface area contributed by atoms with Crippen molar-refractivity contribution in [1.82, 2.24) is 9.78 Å². The number of ether oxygens (including phenoxy) is 2. The summed E-state index contributed by atoms with van der Waals surface area (Å²) in [6.07, 6.45) is 2.68. The van der Waals surface area contributed by atoms with Gasteiger partial charge in [-0.15, -0.1) is 0 Å². The molecule has 0 fully saturated rings. The van der Waals surface area contributed by atoms with Crippen molar-refractivity contribution < 1.29 is 18.7 Å². The first kappa shape index (κ1) is 20.1. The molecular weight excluding hydrogens is 385 g/mol. The van der Waals surface area contributed by atoms with Gasteiger partial charge in [0.05, 0.1) is 12.3 Å². The lowest BCUT2D eigenvalue weighted by atomic mass is 10.1. The number of benzene rings is 2. The van der Waals surface area contributed by atoms with Gasteiger partial charge in [0.1, 0.15) is 6.61 Å². The van der Waals surface area contributed by atoms with E-state index in [1.54, 1.807) is 13.2 Å². The molecule has 1 aliphatic carbocycles. The van der Waals surface area contributed by atoms with Gasteiger partial charge in [-0.25, -0.2) is 9.07 Å². The minimum atomic E-state index is -0.542. The van der Waals surface area contributed by atoms with Crippen molar-refractivity contribution in [1.29, 1.82) is 0 Å². The normalized spacial score (nSPS) is 12.6. The van der Waals surface area contributed by atoms with Crippen LogP contribution in [0.4, 0.5) is 10.1 Å². The molecule has 1 amide bonds. The molecule has 3 aromatic rings. The molecule has 6 nitrogen and oxygen atoms in total. The van der Waals surface area contributed by atoms with Crippen LogP contribution in [-0.4, -0.2) is 36.0 Å². The van der Waals surface area contributed by atoms with E-state index in [0.717, 1.165) is 41.8 Å². The fourth-order valence-corrected chi connectivity index (χ4v) is 3.74. The minimum absolute atomic E-state index is 0.120. The maximum atomic E-state index is 14.3. The molecule has 1 N–H and O–H groups in total. The topological polar surface area (TPSA) is 65.4 Å². The van der Waals surface area contributed by atoms with Crippen molar-refractivity contribution in [3.05, 3.63) is 70.8 Å². The first-order valence-electron chi connectivity index (χ1n) is 9.98. The SMILES string of the molecule is COCCOc1ccc(NC(=O)c2nn(-c3ccccc3C)c3c2CCC3)cc1F. The molecule has 1 heterocycles. The lowest BCUT2D eigenvalue weighted by molar-refractivity contribution is 0.102. The van der Waals surface area contributed by atoms with Crippen LogP contribution >= 0.6 is 0 Å². The molecule has 0 bridgehead atoms. The molecule has 0 spiro atoms. The second kappa shape index (κ2) is 8.67. The molecule has 156 valence electrons. The lowest BCUT2D eigenvalue weighted by Gasteiger charge is -2.09. The smallest absolute Gasteiger partial charge is 0.276 e. The molecular formula is C23H24FN3O3. The highest BCUT2D eigenvalue weighted by atomic mass is 19.1. The Bertz CT molecular complexity index is 1080. The first-order chi connectivity index (χ1) is 14.6. The van der Waals surface area contributed by atoms with Crippen LogP contribution in [0, 0.1) is 12.7 Å². The molecule has 1 aliphatic rings. The number of carbonyl (C=O) groups is 1. The third-order valence-electron chi connectivity index (χ3n) is 5.22. The summed E-state index contributed by atoms with van der Waals surface area (Å²) in [7, 11) is 1.55. The molecule has 0 saturated carbocycles. The largest absolute Gasteiger partial charge is 0.488 e. The number of anilines is 1. The van der Waals surface area contributed by atoms with Crippen LogP contribution in [0.5, 0.6) is 5.75 Å². The van der Waals surface area contributed by atoms with Crippen LogP contribution in [0.2, 0.25) is 0 Å². The van der Waals surface area contributed by atoms with E-state index in [4.69, 9.17) is 9.47 Å². The van der Waals surface area contributed by atoms with Gasteiger partial charge in [-0.1, -0.05) is 18.2 Å². The van der Waals surface area contributed by atoms with E-state index in [1.807, 2.05) is 35.9 Å². The third kappa shape index (κ3) is 3.93. The van der Waals surface area contributed by atoms with E-state index in [1.165, 1.54) is 12.1 Å². The number of nitrogens with zero attached hydrogens (tertiary/aromatic N) is 2. The Morgan fingerprint density at radius 3 is 2.80 bits per heavy atom. The van der Waals surface area contributed by atoms with E-state index in [9.17, 15) is 9.18 Å². The van der Waals surface area contributed by atoms with Crippen LogP contribution in [0.25, 0.3) is 5.69 Å². The van der Waals surface area contributed by atoms with Crippen LogP contribution in [-0.2, 0) is 17.6 Å². The molecule has 0 unspecified atom stereocenters.